The monoisotopic (exact) mass is 339 g/mol. The molecule has 5 nitrogen and oxygen atoms in total. The van der Waals surface area contributed by atoms with E-state index in [-0.39, 0.29) is 21.4 Å². The van der Waals surface area contributed by atoms with Crippen molar-refractivity contribution in [2.75, 3.05) is 0 Å². The Morgan fingerprint density at radius 2 is 1.90 bits per heavy atom. The number of aliphatic carboxylic acids is 1. The summed E-state index contributed by atoms with van der Waals surface area (Å²) in [6.45, 7) is 1.89. The molecule has 0 unspecified atom stereocenters. The van der Waals surface area contributed by atoms with Gasteiger partial charge in [0.15, 0.2) is 0 Å². The van der Waals surface area contributed by atoms with Crippen molar-refractivity contribution in [2.45, 2.75) is 37.1 Å². The zero-order chi connectivity index (χ0) is 15.3. The summed E-state index contributed by atoms with van der Waals surface area (Å²) in [7, 11) is -4.09. The highest BCUT2D eigenvalue weighted by atomic mass is 35.5. The maximum Gasteiger partial charge on any atom is 0.321 e. The number of nitrogens with one attached hydrogen (secondary N) is 1. The number of hydrogen-bond donors (Lipinski definition) is 2. The van der Waals surface area contributed by atoms with Gasteiger partial charge in [-0.25, -0.2) is 8.42 Å². The highest BCUT2D eigenvalue weighted by Gasteiger charge is 2.28. The summed E-state index contributed by atoms with van der Waals surface area (Å²) >= 11 is 11.7. The predicted molar refractivity (Wildman–Crippen MR) is 77.7 cm³/mol. The molecule has 0 spiro atoms. The number of unbranched alkanes of at least 4 members (excludes halogenated alkanes) is 1. The molecule has 0 saturated carbocycles. The summed E-state index contributed by atoms with van der Waals surface area (Å²) in [5.74, 6) is -1.23. The van der Waals surface area contributed by atoms with Crippen molar-refractivity contribution in [3.63, 3.8) is 0 Å². The van der Waals surface area contributed by atoms with Crippen LogP contribution in [0.5, 0.6) is 0 Å². The number of benzene rings is 1. The number of carboxylic acid groups (broad SMARTS) is 1. The Balaban J connectivity index is 3.07. The van der Waals surface area contributed by atoms with Crippen molar-refractivity contribution in [1.82, 2.24) is 4.72 Å². The summed E-state index contributed by atoms with van der Waals surface area (Å²) < 4.78 is 26.5. The fourth-order valence-electron chi connectivity index (χ4n) is 1.63. The van der Waals surface area contributed by atoms with Gasteiger partial charge in [-0.15, -0.1) is 0 Å². The molecule has 0 aliphatic rings. The van der Waals surface area contributed by atoms with Crippen molar-refractivity contribution in [3.8, 4) is 0 Å². The molecule has 20 heavy (non-hydrogen) atoms. The van der Waals surface area contributed by atoms with Gasteiger partial charge >= 0.3 is 5.97 Å². The van der Waals surface area contributed by atoms with Gasteiger partial charge in [0.05, 0.1) is 10.0 Å². The molecule has 0 aromatic heterocycles. The first-order chi connectivity index (χ1) is 9.29. The van der Waals surface area contributed by atoms with Gasteiger partial charge in [0, 0.05) is 0 Å². The van der Waals surface area contributed by atoms with Crippen molar-refractivity contribution >= 4 is 39.2 Å². The first-order valence-corrected chi connectivity index (χ1v) is 8.22. The second-order valence-corrected chi connectivity index (χ2v) is 6.67. The van der Waals surface area contributed by atoms with Gasteiger partial charge in [0.2, 0.25) is 10.0 Å². The number of halogens is 2. The number of rotatable bonds is 7. The highest BCUT2D eigenvalue weighted by Crippen LogP contribution is 2.29. The van der Waals surface area contributed by atoms with Crippen LogP contribution in [0.15, 0.2) is 23.1 Å². The lowest BCUT2D eigenvalue weighted by Gasteiger charge is -2.15. The third-order valence-corrected chi connectivity index (χ3v) is 5.06. The molecule has 0 amide bonds. The SMILES string of the molecule is CCCC[C@H](NS(=O)(=O)c1c(Cl)cccc1Cl)C(=O)O. The number of sulfonamides is 1. The molecule has 0 radical (unpaired) electrons. The van der Waals surface area contributed by atoms with Crippen LogP contribution in [-0.4, -0.2) is 25.5 Å². The van der Waals surface area contributed by atoms with E-state index in [0.29, 0.717) is 6.42 Å². The van der Waals surface area contributed by atoms with Crippen molar-refractivity contribution in [2.24, 2.45) is 0 Å². The summed E-state index contributed by atoms with van der Waals surface area (Å²) in [5.41, 5.74) is 0. The molecule has 1 rings (SSSR count). The number of carboxylic acids is 1. The molecular formula is C12H15Cl2NO4S. The smallest absolute Gasteiger partial charge is 0.321 e. The Kier molecular flexibility index (Phi) is 6.26. The number of carbonyl (C=O) groups is 1. The second-order valence-electron chi connectivity index (χ2n) is 4.21. The lowest BCUT2D eigenvalue weighted by Crippen LogP contribution is -2.40. The lowest BCUT2D eigenvalue weighted by atomic mass is 10.1. The van der Waals surface area contributed by atoms with E-state index in [0.717, 1.165) is 6.42 Å². The Morgan fingerprint density at radius 1 is 1.35 bits per heavy atom. The van der Waals surface area contributed by atoms with Gasteiger partial charge < -0.3 is 5.11 Å². The molecule has 1 aromatic rings. The van der Waals surface area contributed by atoms with Crippen LogP contribution in [0.3, 0.4) is 0 Å². The molecule has 2 N–H and O–H groups in total. The molecule has 0 saturated heterocycles. The van der Waals surface area contributed by atoms with Gasteiger partial charge in [0.1, 0.15) is 10.9 Å². The van der Waals surface area contributed by atoms with Crippen molar-refractivity contribution < 1.29 is 18.3 Å². The Morgan fingerprint density at radius 3 is 2.35 bits per heavy atom. The molecular weight excluding hydrogens is 325 g/mol. The van der Waals surface area contributed by atoms with Crippen LogP contribution < -0.4 is 4.72 Å². The van der Waals surface area contributed by atoms with E-state index >= 15 is 0 Å². The van der Waals surface area contributed by atoms with Crippen LogP contribution in [-0.2, 0) is 14.8 Å². The van der Waals surface area contributed by atoms with Gasteiger partial charge in [0.25, 0.3) is 0 Å². The van der Waals surface area contributed by atoms with Gasteiger partial charge in [-0.2, -0.15) is 4.72 Å². The maximum atomic E-state index is 12.2. The Labute approximate surface area is 127 Å². The normalized spacial score (nSPS) is 13.2. The van der Waals surface area contributed by atoms with E-state index in [9.17, 15) is 13.2 Å². The summed E-state index contributed by atoms with van der Waals surface area (Å²) in [6.07, 6.45) is 1.56. The fraction of sp³-hybridized carbons (Fsp3) is 0.417. The van der Waals surface area contributed by atoms with E-state index in [1.165, 1.54) is 18.2 Å². The Bertz CT molecular complexity index is 569. The molecule has 0 aliphatic carbocycles. The van der Waals surface area contributed by atoms with Crippen molar-refractivity contribution in [3.05, 3.63) is 28.2 Å². The highest BCUT2D eigenvalue weighted by molar-refractivity contribution is 7.89. The first kappa shape index (κ1) is 17.2. The lowest BCUT2D eigenvalue weighted by molar-refractivity contribution is -0.139. The van der Waals surface area contributed by atoms with E-state index in [1.807, 2.05) is 6.92 Å². The average Bonchev–Trinajstić information content (AvgIpc) is 2.33. The number of hydrogen-bond acceptors (Lipinski definition) is 3. The van der Waals surface area contributed by atoms with Crippen LogP contribution in [0.4, 0.5) is 0 Å². The zero-order valence-electron chi connectivity index (χ0n) is 10.8. The third kappa shape index (κ3) is 4.34. The van der Waals surface area contributed by atoms with Crippen LogP contribution in [0.25, 0.3) is 0 Å². The summed E-state index contributed by atoms with van der Waals surface area (Å²) in [5, 5.41) is 8.95. The standard InChI is InChI=1S/C12H15Cl2NO4S/c1-2-3-7-10(12(16)17)15-20(18,19)11-8(13)5-4-6-9(11)14/h4-6,10,15H,2-3,7H2,1H3,(H,16,17)/t10-/m0/s1. The third-order valence-electron chi connectivity index (χ3n) is 2.63. The molecule has 0 heterocycles. The van der Waals surface area contributed by atoms with Crippen LogP contribution in [0, 0.1) is 0 Å². The summed E-state index contributed by atoms with van der Waals surface area (Å²) in [4.78, 5) is 10.8. The zero-order valence-corrected chi connectivity index (χ0v) is 13.1. The van der Waals surface area contributed by atoms with Gasteiger partial charge in [-0.05, 0) is 18.6 Å². The first-order valence-electron chi connectivity index (χ1n) is 5.98. The largest absolute Gasteiger partial charge is 0.480 e. The predicted octanol–water partition coefficient (Wildman–Crippen LogP) is 2.92. The minimum Gasteiger partial charge on any atom is -0.480 e. The van der Waals surface area contributed by atoms with E-state index in [4.69, 9.17) is 28.3 Å². The average molecular weight is 340 g/mol. The molecule has 0 aliphatic heterocycles. The maximum absolute atomic E-state index is 12.2. The topological polar surface area (TPSA) is 83.5 Å². The molecule has 112 valence electrons. The molecule has 0 fully saturated rings. The summed E-state index contributed by atoms with van der Waals surface area (Å²) in [6, 6.07) is 3.07. The van der Waals surface area contributed by atoms with E-state index in [1.54, 1.807) is 0 Å². The van der Waals surface area contributed by atoms with Crippen LogP contribution in [0.1, 0.15) is 26.2 Å². The van der Waals surface area contributed by atoms with Crippen molar-refractivity contribution in [1.29, 1.82) is 0 Å². The van der Waals surface area contributed by atoms with E-state index < -0.39 is 22.0 Å². The minimum atomic E-state index is -4.09. The Hall–Kier alpha value is -0.820. The molecule has 0 bridgehead atoms. The quantitative estimate of drug-likeness (QED) is 0.799. The van der Waals surface area contributed by atoms with Gasteiger partial charge in [-0.1, -0.05) is 49.0 Å². The minimum absolute atomic E-state index is 0.0513. The van der Waals surface area contributed by atoms with Crippen LogP contribution in [0.2, 0.25) is 10.0 Å². The molecule has 8 heteroatoms. The second kappa shape index (κ2) is 7.26. The fourth-order valence-corrected chi connectivity index (χ4v) is 3.99. The van der Waals surface area contributed by atoms with E-state index in [2.05, 4.69) is 4.72 Å². The molecule has 1 atom stereocenters. The molecule has 1 aromatic carbocycles. The van der Waals surface area contributed by atoms with Gasteiger partial charge in [-0.3, -0.25) is 4.79 Å². The van der Waals surface area contributed by atoms with Crippen LogP contribution >= 0.6 is 23.2 Å².